The topological polar surface area (TPSA) is 63.0 Å². The Morgan fingerprint density at radius 1 is 0.733 bits per heavy atom. The van der Waals surface area contributed by atoms with Gasteiger partial charge in [0.05, 0.1) is 6.42 Å². The number of unbranched alkanes of at least 4 members (excludes halogenated alkanes) is 8. The molecule has 0 amide bonds. The average Bonchev–Trinajstić information content (AvgIpc) is 2.20. The first kappa shape index (κ1) is 14.4. The Balaban J connectivity index is 2.89. The third-order valence-corrected chi connectivity index (χ3v) is 2.59. The molecule has 0 fully saturated rings. The summed E-state index contributed by atoms with van der Waals surface area (Å²) in [6.45, 7) is 0.809. The second-order valence-electron chi connectivity index (χ2n) is 4.09. The van der Waals surface area contributed by atoms with Gasteiger partial charge in [0.1, 0.15) is 0 Å². The van der Waals surface area contributed by atoms with E-state index in [4.69, 9.17) is 5.73 Å². The van der Waals surface area contributed by atoms with E-state index >= 15 is 0 Å². The second-order valence-corrected chi connectivity index (χ2v) is 4.09. The van der Waals surface area contributed by atoms with Crippen molar-refractivity contribution in [1.82, 2.24) is 0 Å². The van der Waals surface area contributed by atoms with Crippen LogP contribution in [0.15, 0.2) is 0 Å². The van der Waals surface area contributed by atoms with Gasteiger partial charge < -0.3 is 5.73 Å². The summed E-state index contributed by atoms with van der Waals surface area (Å²) in [6.07, 6.45) is 10.7. The van der Waals surface area contributed by atoms with Crippen LogP contribution in [0.4, 0.5) is 0 Å². The molecule has 1 radical (unpaired) electrons. The lowest BCUT2D eigenvalue weighted by Crippen LogP contribution is -1.97. The molecule has 3 heteroatoms. The van der Waals surface area contributed by atoms with Crippen LogP contribution < -0.4 is 5.73 Å². The molecule has 0 aliphatic rings. The lowest BCUT2D eigenvalue weighted by atomic mass is 10.1. The second kappa shape index (κ2) is 11.5. The minimum absolute atomic E-state index is 0.219. The molecule has 15 heavy (non-hydrogen) atoms. The Morgan fingerprint density at radius 2 is 1.13 bits per heavy atom. The smallest absolute Gasteiger partial charge is 0.330 e. The molecule has 0 rings (SSSR count). The number of nitrogens with two attached hydrogens (primary N) is 1. The van der Waals surface area contributed by atoms with Crippen LogP contribution in [0.3, 0.4) is 0 Å². The minimum Gasteiger partial charge on any atom is -0.330 e. The Bertz CT molecular complexity index is 149. The zero-order chi connectivity index (χ0) is 11.4. The molecule has 0 aromatic heterocycles. The molecule has 0 unspecified atom stereocenters. The van der Waals surface area contributed by atoms with Crippen molar-refractivity contribution in [3.8, 4) is 0 Å². The zero-order valence-corrected chi connectivity index (χ0v) is 9.67. The maximum absolute atomic E-state index is 10.1. The summed E-state index contributed by atoms with van der Waals surface area (Å²) in [4.78, 5) is 10.1. The molecule has 3 nitrogen and oxygen atoms in total. The van der Waals surface area contributed by atoms with Gasteiger partial charge >= 0.3 is 5.97 Å². The van der Waals surface area contributed by atoms with Crippen molar-refractivity contribution in [2.75, 3.05) is 6.54 Å². The normalized spacial score (nSPS) is 10.5. The first-order chi connectivity index (χ1) is 7.27. The fourth-order valence-electron chi connectivity index (χ4n) is 1.65. The van der Waals surface area contributed by atoms with Gasteiger partial charge in [-0.05, 0) is 19.4 Å². The number of carbonyl (C=O) groups excluding carboxylic acids is 1. The van der Waals surface area contributed by atoms with Crippen LogP contribution in [0.2, 0.25) is 0 Å². The third kappa shape index (κ3) is 13.4. The molecular weight excluding hydrogens is 190 g/mol. The highest BCUT2D eigenvalue weighted by Crippen LogP contribution is 2.10. The van der Waals surface area contributed by atoms with E-state index in [9.17, 15) is 9.90 Å². The molecule has 0 bridgehead atoms. The molecule has 0 saturated heterocycles. The monoisotopic (exact) mass is 214 g/mol. The number of rotatable bonds is 11. The summed E-state index contributed by atoms with van der Waals surface area (Å²) in [7, 11) is 0. The fourth-order valence-corrected chi connectivity index (χ4v) is 1.65. The maximum Gasteiger partial charge on any atom is 0.355 e. The Morgan fingerprint density at radius 3 is 1.53 bits per heavy atom. The van der Waals surface area contributed by atoms with Crippen molar-refractivity contribution >= 4 is 5.97 Å². The van der Waals surface area contributed by atoms with Gasteiger partial charge in [-0.2, -0.15) is 0 Å². The Kier molecular flexibility index (Phi) is 11.1. The van der Waals surface area contributed by atoms with Gasteiger partial charge in [-0.3, -0.25) is 0 Å². The van der Waals surface area contributed by atoms with Gasteiger partial charge in [0.15, 0.2) is 0 Å². The number of carbonyl (C=O) groups is 1. The van der Waals surface area contributed by atoms with Gasteiger partial charge in [0.2, 0.25) is 0 Å². The van der Waals surface area contributed by atoms with E-state index < -0.39 is 5.97 Å². The third-order valence-electron chi connectivity index (χ3n) is 2.59. The predicted octanol–water partition coefficient (Wildman–Crippen LogP) is 2.80. The van der Waals surface area contributed by atoms with E-state index in [1.165, 1.54) is 32.1 Å². The number of hydrogen-bond donors (Lipinski definition) is 1. The lowest BCUT2D eigenvalue weighted by Gasteiger charge is -2.00. The van der Waals surface area contributed by atoms with Crippen molar-refractivity contribution in [2.45, 2.75) is 64.2 Å². The molecule has 0 heterocycles. The first-order valence-corrected chi connectivity index (χ1v) is 6.17. The van der Waals surface area contributed by atoms with Crippen LogP contribution in [0.5, 0.6) is 0 Å². The van der Waals surface area contributed by atoms with Gasteiger partial charge in [-0.15, -0.1) is 0 Å². The van der Waals surface area contributed by atoms with Crippen LogP contribution in [-0.2, 0) is 9.90 Å². The van der Waals surface area contributed by atoms with Gasteiger partial charge in [0.25, 0.3) is 0 Å². The summed E-state index contributed by atoms with van der Waals surface area (Å²) in [5, 5.41) is 10.1. The summed E-state index contributed by atoms with van der Waals surface area (Å²) < 4.78 is 0. The van der Waals surface area contributed by atoms with Crippen LogP contribution in [0.25, 0.3) is 0 Å². The van der Waals surface area contributed by atoms with Gasteiger partial charge in [0, 0.05) is 0 Å². The lowest BCUT2D eigenvalue weighted by molar-refractivity contribution is -0.143. The average molecular weight is 214 g/mol. The molecule has 0 aliphatic carbocycles. The molecular formula is C12H24NO2. The van der Waals surface area contributed by atoms with E-state index in [0.29, 0.717) is 0 Å². The standard InChI is InChI=1S/C12H24NO2/c13-11-9-7-5-3-1-2-4-6-8-10-12(14)15/h1-11,13H2. The van der Waals surface area contributed by atoms with Crippen LogP contribution in [-0.4, -0.2) is 12.5 Å². The van der Waals surface area contributed by atoms with Crippen molar-refractivity contribution in [1.29, 1.82) is 0 Å². The Hall–Kier alpha value is -0.570. The molecule has 0 aromatic rings. The molecule has 2 N–H and O–H groups in total. The van der Waals surface area contributed by atoms with Crippen LogP contribution >= 0.6 is 0 Å². The largest absolute Gasteiger partial charge is 0.355 e. The van der Waals surface area contributed by atoms with E-state index in [2.05, 4.69) is 0 Å². The molecule has 0 spiro atoms. The van der Waals surface area contributed by atoms with E-state index in [1.807, 2.05) is 0 Å². The summed E-state index contributed by atoms with van der Waals surface area (Å²) in [6, 6.07) is 0. The molecule has 0 atom stereocenters. The molecule has 0 aliphatic heterocycles. The highest BCUT2D eigenvalue weighted by atomic mass is 16.4. The Labute approximate surface area is 93.0 Å². The zero-order valence-electron chi connectivity index (χ0n) is 9.67. The van der Waals surface area contributed by atoms with Crippen LogP contribution in [0, 0.1) is 0 Å². The highest BCUT2D eigenvalue weighted by molar-refractivity contribution is 5.66. The van der Waals surface area contributed by atoms with E-state index in [-0.39, 0.29) is 6.42 Å². The number of hydrogen-bond acceptors (Lipinski definition) is 2. The predicted molar refractivity (Wildman–Crippen MR) is 60.9 cm³/mol. The molecule has 0 aromatic carbocycles. The quantitative estimate of drug-likeness (QED) is 0.537. The summed E-state index contributed by atoms with van der Waals surface area (Å²) in [5.74, 6) is -0.920. The van der Waals surface area contributed by atoms with E-state index in [1.54, 1.807) is 0 Å². The van der Waals surface area contributed by atoms with E-state index in [0.717, 1.165) is 32.2 Å². The maximum atomic E-state index is 10.1. The van der Waals surface area contributed by atoms with Crippen molar-refractivity contribution < 1.29 is 9.90 Å². The van der Waals surface area contributed by atoms with Crippen molar-refractivity contribution in [3.63, 3.8) is 0 Å². The summed E-state index contributed by atoms with van der Waals surface area (Å²) in [5.41, 5.74) is 5.40. The minimum atomic E-state index is -0.920. The van der Waals surface area contributed by atoms with Crippen LogP contribution in [0.1, 0.15) is 64.2 Å². The van der Waals surface area contributed by atoms with Gasteiger partial charge in [-0.1, -0.05) is 44.9 Å². The van der Waals surface area contributed by atoms with Gasteiger partial charge in [-0.25, -0.2) is 9.90 Å². The molecule has 89 valence electrons. The fraction of sp³-hybridized carbons (Fsp3) is 0.917. The van der Waals surface area contributed by atoms with Crippen molar-refractivity contribution in [3.05, 3.63) is 0 Å². The SMILES string of the molecule is NCCCCCCCCCCCC([O])=O. The highest BCUT2D eigenvalue weighted by Gasteiger charge is 1.98. The van der Waals surface area contributed by atoms with Crippen molar-refractivity contribution in [2.24, 2.45) is 5.73 Å². The summed E-state index contributed by atoms with van der Waals surface area (Å²) >= 11 is 0. The first-order valence-electron chi connectivity index (χ1n) is 6.17. The molecule has 0 saturated carbocycles.